The summed E-state index contributed by atoms with van der Waals surface area (Å²) in [5, 5.41) is 3.71. The van der Waals surface area contributed by atoms with Crippen molar-refractivity contribution in [3.8, 4) is 11.5 Å². The number of furan rings is 2. The van der Waals surface area contributed by atoms with Gasteiger partial charge in [-0.1, -0.05) is 11.6 Å². The summed E-state index contributed by atoms with van der Waals surface area (Å²) >= 11 is 0. The summed E-state index contributed by atoms with van der Waals surface area (Å²) in [5.41, 5.74) is 3.01. The van der Waals surface area contributed by atoms with Crippen molar-refractivity contribution >= 4 is 16.8 Å². The molecule has 1 aromatic carbocycles. The van der Waals surface area contributed by atoms with Gasteiger partial charge in [0.05, 0.1) is 30.2 Å². The number of aromatic nitrogens is 1. The molecular weight excluding hydrogens is 316 g/mol. The van der Waals surface area contributed by atoms with Crippen LogP contribution in [0.2, 0.25) is 0 Å². The van der Waals surface area contributed by atoms with E-state index in [1.165, 1.54) is 0 Å². The van der Waals surface area contributed by atoms with Crippen LogP contribution in [0.3, 0.4) is 0 Å². The second-order valence-electron chi connectivity index (χ2n) is 5.82. The smallest absolute Gasteiger partial charge is 0.252 e. The van der Waals surface area contributed by atoms with Crippen molar-refractivity contribution in [1.82, 2.24) is 10.3 Å². The fourth-order valence-corrected chi connectivity index (χ4v) is 2.75. The van der Waals surface area contributed by atoms with E-state index >= 15 is 0 Å². The molecule has 0 spiro atoms. The first-order chi connectivity index (χ1) is 12.2. The molecule has 3 aromatic heterocycles. The maximum Gasteiger partial charge on any atom is 0.252 e. The zero-order valence-electron chi connectivity index (χ0n) is 13.7. The zero-order valence-corrected chi connectivity index (χ0v) is 13.7. The predicted molar refractivity (Wildman–Crippen MR) is 94.1 cm³/mol. The molecule has 4 aromatic rings. The molecule has 3 heterocycles. The number of aryl methyl sites for hydroxylation is 1. The highest BCUT2D eigenvalue weighted by Crippen LogP contribution is 2.26. The number of rotatable bonds is 4. The van der Waals surface area contributed by atoms with Gasteiger partial charge >= 0.3 is 0 Å². The lowest BCUT2D eigenvalue weighted by molar-refractivity contribution is 0.0949. The van der Waals surface area contributed by atoms with E-state index in [9.17, 15) is 4.79 Å². The molecule has 5 nitrogen and oxygen atoms in total. The van der Waals surface area contributed by atoms with Crippen LogP contribution < -0.4 is 5.32 Å². The minimum Gasteiger partial charge on any atom is -0.467 e. The fourth-order valence-electron chi connectivity index (χ4n) is 2.75. The van der Waals surface area contributed by atoms with Crippen LogP contribution in [0.1, 0.15) is 21.7 Å². The first-order valence-corrected chi connectivity index (χ1v) is 7.96. The number of fused-ring (bicyclic) bond motifs is 1. The standard InChI is InChI=1S/C20H16N2O3/c1-13-6-7-17-15(10-13)16(11-18(22-17)19-5-3-9-25-19)20(23)21-12-14-4-2-8-24-14/h2-11H,12H2,1H3,(H,21,23). The normalized spacial score (nSPS) is 10.9. The second-order valence-corrected chi connectivity index (χ2v) is 5.82. The van der Waals surface area contributed by atoms with Gasteiger partial charge in [0.1, 0.15) is 11.5 Å². The van der Waals surface area contributed by atoms with E-state index < -0.39 is 0 Å². The monoisotopic (exact) mass is 332 g/mol. The Balaban J connectivity index is 1.76. The number of hydrogen-bond acceptors (Lipinski definition) is 4. The molecule has 0 aliphatic carbocycles. The van der Waals surface area contributed by atoms with Crippen LogP contribution in [-0.4, -0.2) is 10.9 Å². The highest BCUT2D eigenvalue weighted by atomic mass is 16.3. The molecule has 1 N–H and O–H groups in total. The third-order valence-corrected chi connectivity index (χ3v) is 3.99. The highest BCUT2D eigenvalue weighted by Gasteiger charge is 2.15. The van der Waals surface area contributed by atoms with Gasteiger partial charge in [-0.2, -0.15) is 0 Å². The molecule has 0 saturated heterocycles. The van der Waals surface area contributed by atoms with Crippen LogP contribution in [-0.2, 0) is 6.54 Å². The highest BCUT2D eigenvalue weighted by molar-refractivity contribution is 6.07. The number of benzene rings is 1. The molecule has 0 aliphatic rings. The van der Waals surface area contributed by atoms with E-state index in [1.807, 2.05) is 37.3 Å². The molecule has 0 unspecified atom stereocenters. The number of hydrogen-bond donors (Lipinski definition) is 1. The molecule has 0 bridgehead atoms. The molecule has 1 amide bonds. The Morgan fingerprint density at radius 3 is 2.68 bits per heavy atom. The van der Waals surface area contributed by atoms with Gasteiger partial charge in [0.2, 0.25) is 0 Å². The first-order valence-electron chi connectivity index (χ1n) is 7.96. The number of nitrogens with one attached hydrogen (secondary N) is 1. The summed E-state index contributed by atoms with van der Waals surface area (Å²) < 4.78 is 10.7. The van der Waals surface area contributed by atoms with E-state index in [4.69, 9.17) is 8.83 Å². The van der Waals surface area contributed by atoms with Gasteiger partial charge in [0.15, 0.2) is 5.76 Å². The Morgan fingerprint density at radius 1 is 1.08 bits per heavy atom. The Bertz CT molecular complexity index is 1020. The lowest BCUT2D eigenvalue weighted by Crippen LogP contribution is -2.23. The summed E-state index contributed by atoms with van der Waals surface area (Å²) in [4.78, 5) is 17.4. The SMILES string of the molecule is Cc1ccc2nc(-c3ccco3)cc(C(=O)NCc3ccco3)c2c1. The fraction of sp³-hybridized carbons (Fsp3) is 0.100. The van der Waals surface area contributed by atoms with Crippen molar-refractivity contribution in [2.75, 3.05) is 0 Å². The van der Waals surface area contributed by atoms with Gasteiger partial charge in [0.25, 0.3) is 5.91 Å². The van der Waals surface area contributed by atoms with E-state index in [0.717, 1.165) is 16.5 Å². The van der Waals surface area contributed by atoms with Crippen molar-refractivity contribution in [3.05, 3.63) is 77.9 Å². The topological polar surface area (TPSA) is 68.3 Å². The first kappa shape index (κ1) is 15.2. The molecule has 0 atom stereocenters. The summed E-state index contributed by atoms with van der Waals surface area (Å²) in [7, 11) is 0. The van der Waals surface area contributed by atoms with Crippen LogP contribution in [0.4, 0.5) is 0 Å². The molecule has 124 valence electrons. The lowest BCUT2D eigenvalue weighted by Gasteiger charge is -2.10. The van der Waals surface area contributed by atoms with Gasteiger partial charge in [-0.15, -0.1) is 0 Å². The minimum absolute atomic E-state index is 0.179. The van der Waals surface area contributed by atoms with Crippen LogP contribution in [0, 0.1) is 6.92 Å². The van der Waals surface area contributed by atoms with Gasteiger partial charge in [-0.3, -0.25) is 4.79 Å². The van der Waals surface area contributed by atoms with Crippen LogP contribution in [0.15, 0.2) is 69.9 Å². The number of pyridine rings is 1. The summed E-state index contributed by atoms with van der Waals surface area (Å²) in [6, 6.07) is 14.9. The third kappa shape index (κ3) is 3.04. The van der Waals surface area contributed by atoms with Crippen molar-refractivity contribution in [2.45, 2.75) is 13.5 Å². The molecule has 25 heavy (non-hydrogen) atoms. The maximum absolute atomic E-state index is 12.8. The molecule has 0 aliphatic heterocycles. The molecule has 0 fully saturated rings. The van der Waals surface area contributed by atoms with Gasteiger partial charge in [0, 0.05) is 5.39 Å². The Morgan fingerprint density at radius 2 is 1.92 bits per heavy atom. The summed E-state index contributed by atoms with van der Waals surface area (Å²) in [6.45, 7) is 2.32. The zero-order chi connectivity index (χ0) is 17.2. The van der Waals surface area contributed by atoms with Crippen molar-refractivity contribution in [1.29, 1.82) is 0 Å². The lowest BCUT2D eigenvalue weighted by atomic mass is 10.0. The third-order valence-electron chi connectivity index (χ3n) is 3.99. The molecular formula is C20H16N2O3. The van der Waals surface area contributed by atoms with E-state index in [0.29, 0.717) is 29.3 Å². The molecule has 4 rings (SSSR count). The van der Waals surface area contributed by atoms with Crippen molar-refractivity contribution < 1.29 is 13.6 Å². The predicted octanol–water partition coefficient (Wildman–Crippen LogP) is 4.33. The summed E-state index contributed by atoms with van der Waals surface area (Å²) in [5.74, 6) is 1.15. The number of nitrogens with zero attached hydrogens (tertiary/aromatic N) is 1. The van der Waals surface area contributed by atoms with Gasteiger partial charge in [-0.05, 0) is 49.4 Å². The van der Waals surface area contributed by atoms with Gasteiger partial charge < -0.3 is 14.2 Å². The quantitative estimate of drug-likeness (QED) is 0.604. The average molecular weight is 332 g/mol. The van der Waals surface area contributed by atoms with E-state index in [1.54, 1.807) is 30.7 Å². The Labute approximate surface area is 144 Å². The number of amides is 1. The largest absolute Gasteiger partial charge is 0.467 e. The minimum atomic E-state index is -0.179. The Kier molecular flexibility index (Phi) is 3.82. The number of carbonyl (C=O) groups is 1. The molecule has 0 saturated carbocycles. The van der Waals surface area contributed by atoms with Crippen molar-refractivity contribution in [2.24, 2.45) is 0 Å². The van der Waals surface area contributed by atoms with Gasteiger partial charge in [-0.25, -0.2) is 4.98 Å². The van der Waals surface area contributed by atoms with E-state index in [-0.39, 0.29) is 5.91 Å². The average Bonchev–Trinajstić information content (AvgIpc) is 3.32. The Hall–Kier alpha value is -3.34. The molecule has 0 radical (unpaired) electrons. The second kappa shape index (κ2) is 6.28. The van der Waals surface area contributed by atoms with Crippen LogP contribution in [0.5, 0.6) is 0 Å². The van der Waals surface area contributed by atoms with Crippen LogP contribution >= 0.6 is 0 Å². The summed E-state index contributed by atoms with van der Waals surface area (Å²) in [6.07, 6.45) is 3.18. The number of carbonyl (C=O) groups excluding carboxylic acids is 1. The van der Waals surface area contributed by atoms with Crippen LogP contribution in [0.25, 0.3) is 22.4 Å². The molecule has 5 heteroatoms. The van der Waals surface area contributed by atoms with Crippen molar-refractivity contribution in [3.63, 3.8) is 0 Å². The maximum atomic E-state index is 12.8. The van der Waals surface area contributed by atoms with E-state index in [2.05, 4.69) is 10.3 Å².